The average molecular weight is 267 g/mol. The molecule has 3 heteroatoms. The Bertz CT molecular complexity index is 726. The van der Waals surface area contributed by atoms with Gasteiger partial charge in [-0.25, -0.2) is 0 Å². The van der Waals surface area contributed by atoms with Crippen LogP contribution < -0.4 is 0 Å². The Morgan fingerprint density at radius 2 is 1.75 bits per heavy atom. The summed E-state index contributed by atoms with van der Waals surface area (Å²) < 4.78 is 1.79. The summed E-state index contributed by atoms with van der Waals surface area (Å²) in [6.45, 7) is 8.25. The number of rotatable bonds is 1. The largest absolute Gasteiger partial charge is 0.275 e. The van der Waals surface area contributed by atoms with Gasteiger partial charge in [-0.1, -0.05) is 31.5 Å². The summed E-state index contributed by atoms with van der Waals surface area (Å²) in [6, 6.07) is 6.52. The molecule has 0 radical (unpaired) electrons. The molecule has 0 bridgehead atoms. The first-order valence-electron chi connectivity index (χ1n) is 6.99. The van der Waals surface area contributed by atoms with Crippen LogP contribution in [0.5, 0.6) is 0 Å². The molecule has 0 N–H and O–H groups in total. The van der Waals surface area contributed by atoms with Crippen LogP contribution in [-0.4, -0.2) is 14.8 Å². The van der Waals surface area contributed by atoms with Gasteiger partial charge in [0.1, 0.15) is 0 Å². The Hall–Kier alpha value is -2.16. The fourth-order valence-electron chi connectivity index (χ4n) is 2.34. The number of benzene rings is 1. The maximum Gasteiger partial charge on any atom is 0.0739 e. The van der Waals surface area contributed by atoms with E-state index in [1.165, 1.54) is 21.9 Å². The standard InChI is InChI=1S/C15H15N3.C2H6/c1-10-4-11(2)14-8-16-15(6-12(14)5-10)13-7-17-18(3)9-13;1-2/h4-9H,1-3H3;1-2H3. The summed E-state index contributed by atoms with van der Waals surface area (Å²) in [4.78, 5) is 4.53. The van der Waals surface area contributed by atoms with Crippen molar-refractivity contribution < 1.29 is 0 Å². The predicted octanol–water partition coefficient (Wildman–Crippen LogP) is 4.28. The normalized spacial score (nSPS) is 10.2. The lowest BCUT2D eigenvalue weighted by atomic mass is 10.0. The molecule has 0 aliphatic rings. The summed E-state index contributed by atoms with van der Waals surface area (Å²) in [6.07, 6.45) is 5.78. The van der Waals surface area contributed by atoms with Crippen molar-refractivity contribution in [3.63, 3.8) is 0 Å². The Kier molecular flexibility index (Phi) is 4.18. The average Bonchev–Trinajstić information content (AvgIpc) is 2.87. The van der Waals surface area contributed by atoms with E-state index < -0.39 is 0 Å². The smallest absolute Gasteiger partial charge is 0.0739 e. The molecule has 0 fully saturated rings. The predicted molar refractivity (Wildman–Crippen MR) is 84.8 cm³/mol. The maximum atomic E-state index is 4.53. The van der Waals surface area contributed by atoms with E-state index in [4.69, 9.17) is 0 Å². The topological polar surface area (TPSA) is 30.7 Å². The van der Waals surface area contributed by atoms with Crippen molar-refractivity contribution in [2.24, 2.45) is 7.05 Å². The first-order valence-corrected chi connectivity index (χ1v) is 6.99. The van der Waals surface area contributed by atoms with Gasteiger partial charge < -0.3 is 0 Å². The first-order chi connectivity index (χ1) is 9.63. The molecule has 0 saturated carbocycles. The van der Waals surface area contributed by atoms with Gasteiger partial charge in [0.05, 0.1) is 11.9 Å². The van der Waals surface area contributed by atoms with Gasteiger partial charge in [-0.05, 0) is 30.9 Å². The quantitative estimate of drug-likeness (QED) is 0.659. The van der Waals surface area contributed by atoms with Crippen molar-refractivity contribution in [3.05, 3.63) is 47.9 Å². The molecule has 104 valence electrons. The van der Waals surface area contributed by atoms with Crippen LogP contribution in [-0.2, 0) is 7.05 Å². The van der Waals surface area contributed by atoms with Crippen molar-refractivity contribution in [3.8, 4) is 11.3 Å². The fourth-order valence-corrected chi connectivity index (χ4v) is 2.34. The van der Waals surface area contributed by atoms with Gasteiger partial charge in [-0.3, -0.25) is 9.67 Å². The number of aromatic nitrogens is 3. The second-order valence-electron chi connectivity index (χ2n) is 4.78. The van der Waals surface area contributed by atoms with Gasteiger partial charge in [0.15, 0.2) is 0 Å². The van der Waals surface area contributed by atoms with Gasteiger partial charge in [-0.15, -0.1) is 0 Å². The summed E-state index contributed by atoms with van der Waals surface area (Å²) in [7, 11) is 1.92. The van der Waals surface area contributed by atoms with Crippen LogP contribution in [0.1, 0.15) is 25.0 Å². The minimum atomic E-state index is 0.973. The molecule has 20 heavy (non-hydrogen) atoms. The fraction of sp³-hybridized carbons (Fsp3) is 0.294. The number of hydrogen-bond donors (Lipinski definition) is 0. The Morgan fingerprint density at radius 1 is 1.00 bits per heavy atom. The summed E-state index contributed by atoms with van der Waals surface area (Å²) in [5.41, 5.74) is 4.58. The lowest BCUT2D eigenvalue weighted by Crippen LogP contribution is -1.87. The van der Waals surface area contributed by atoms with E-state index in [1.807, 2.05) is 39.5 Å². The van der Waals surface area contributed by atoms with E-state index in [0.29, 0.717) is 0 Å². The van der Waals surface area contributed by atoms with Gasteiger partial charge in [-0.2, -0.15) is 5.10 Å². The first kappa shape index (κ1) is 14.3. The molecule has 0 atom stereocenters. The number of fused-ring (bicyclic) bond motifs is 1. The Labute approximate surface area is 120 Å². The highest BCUT2D eigenvalue weighted by molar-refractivity contribution is 5.88. The van der Waals surface area contributed by atoms with Crippen LogP contribution in [0.4, 0.5) is 0 Å². The summed E-state index contributed by atoms with van der Waals surface area (Å²) >= 11 is 0. The molecule has 0 saturated heterocycles. The number of aryl methyl sites for hydroxylation is 3. The van der Waals surface area contributed by atoms with Crippen LogP contribution >= 0.6 is 0 Å². The van der Waals surface area contributed by atoms with E-state index in [0.717, 1.165) is 11.3 Å². The van der Waals surface area contributed by atoms with E-state index in [-0.39, 0.29) is 0 Å². The Morgan fingerprint density at radius 3 is 2.40 bits per heavy atom. The third-order valence-corrected chi connectivity index (χ3v) is 3.19. The zero-order chi connectivity index (χ0) is 14.7. The molecular weight excluding hydrogens is 246 g/mol. The van der Waals surface area contributed by atoms with Crippen LogP contribution in [0.15, 0.2) is 36.8 Å². The maximum absolute atomic E-state index is 4.53. The lowest BCUT2D eigenvalue weighted by molar-refractivity contribution is 0.768. The van der Waals surface area contributed by atoms with Crippen molar-refractivity contribution in [1.29, 1.82) is 0 Å². The number of nitrogens with zero attached hydrogens (tertiary/aromatic N) is 3. The number of hydrogen-bond acceptors (Lipinski definition) is 2. The van der Waals surface area contributed by atoms with Crippen LogP contribution in [0, 0.1) is 13.8 Å². The van der Waals surface area contributed by atoms with Crippen LogP contribution in [0.25, 0.3) is 22.0 Å². The van der Waals surface area contributed by atoms with E-state index >= 15 is 0 Å². The summed E-state index contributed by atoms with van der Waals surface area (Å²) in [5, 5.41) is 6.64. The molecule has 3 nitrogen and oxygen atoms in total. The van der Waals surface area contributed by atoms with Crippen LogP contribution in [0.3, 0.4) is 0 Å². The minimum absolute atomic E-state index is 0.973. The molecule has 2 aromatic heterocycles. The van der Waals surface area contributed by atoms with Crippen molar-refractivity contribution >= 4 is 10.8 Å². The van der Waals surface area contributed by atoms with E-state index in [9.17, 15) is 0 Å². The highest BCUT2D eigenvalue weighted by Gasteiger charge is 2.05. The lowest BCUT2D eigenvalue weighted by Gasteiger charge is -2.05. The molecule has 0 spiro atoms. The Balaban J connectivity index is 0.000000704. The molecule has 0 amide bonds. The molecular formula is C17H21N3. The monoisotopic (exact) mass is 267 g/mol. The number of pyridine rings is 1. The highest BCUT2D eigenvalue weighted by Crippen LogP contribution is 2.24. The van der Waals surface area contributed by atoms with E-state index in [1.54, 1.807) is 4.68 Å². The third-order valence-electron chi connectivity index (χ3n) is 3.19. The molecule has 0 aliphatic carbocycles. The molecule has 2 heterocycles. The van der Waals surface area contributed by atoms with Gasteiger partial charge >= 0.3 is 0 Å². The zero-order valence-electron chi connectivity index (χ0n) is 12.8. The molecule has 3 aromatic rings. The van der Waals surface area contributed by atoms with Crippen molar-refractivity contribution in [1.82, 2.24) is 14.8 Å². The molecule has 3 rings (SSSR count). The molecule has 0 aliphatic heterocycles. The van der Waals surface area contributed by atoms with Gasteiger partial charge in [0.2, 0.25) is 0 Å². The van der Waals surface area contributed by atoms with E-state index in [2.05, 4.69) is 42.1 Å². The second kappa shape index (κ2) is 5.87. The SMILES string of the molecule is CC.Cc1cc(C)c2cnc(-c3cnn(C)c3)cc2c1. The zero-order valence-corrected chi connectivity index (χ0v) is 12.8. The molecule has 1 aromatic carbocycles. The van der Waals surface area contributed by atoms with Gasteiger partial charge in [0, 0.05) is 30.4 Å². The van der Waals surface area contributed by atoms with Crippen molar-refractivity contribution in [2.45, 2.75) is 27.7 Å². The van der Waals surface area contributed by atoms with Crippen LogP contribution in [0.2, 0.25) is 0 Å². The molecule has 0 unspecified atom stereocenters. The van der Waals surface area contributed by atoms with Gasteiger partial charge in [0.25, 0.3) is 0 Å². The highest BCUT2D eigenvalue weighted by atomic mass is 15.2. The minimum Gasteiger partial charge on any atom is -0.275 e. The third kappa shape index (κ3) is 2.72. The second-order valence-corrected chi connectivity index (χ2v) is 4.78. The van der Waals surface area contributed by atoms with Crippen molar-refractivity contribution in [2.75, 3.05) is 0 Å². The summed E-state index contributed by atoms with van der Waals surface area (Å²) in [5.74, 6) is 0.